The molecule has 3 heteroatoms. The highest BCUT2D eigenvalue weighted by Crippen LogP contribution is 2.35. The number of rotatable bonds is 5. The normalized spacial score (nSPS) is 18.8. The smallest absolute Gasteiger partial charge is 0.142 e. The van der Waals surface area contributed by atoms with E-state index < -0.39 is 0 Å². The number of hydrogen-bond donors (Lipinski definition) is 0. The van der Waals surface area contributed by atoms with E-state index >= 15 is 0 Å². The van der Waals surface area contributed by atoms with E-state index in [1.807, 2.05) is 12.1 Å². The van der Waals surface area contributed by atoms with Gasteiger partial charge in [-0.05, 0) is 49.7 Å². The molecule has 0 unspecified atom stereocenters. The van der Waals surface area contributed by atoms with Crippen molar-refractivity contribution >= 4 is 5.69 Å². The molecular weight excluding hydrogens is 210 g/mol. The Morgan fingerprint density at radius 3 is 2.41 bits per heavy atom. The zero-order valence-electron chi connectivity index (χ0n) is 9.97. The summed E-state index contributed by atoms with van der Waals surface area (Å²) in [6.07, 6.45) is 7.24. The van der Waals surface area contributed by atoms with Gasteiger partial charge in [-0.3, -0.25) is 0 Å². The maximum Gasteiger partial charge on any atom is 0.142 e. The minimum absolute atomic E-state index is 0.527. The fourth-order valence-corrected chi connectivity index (χ4v) is 2.19. The average Bonchev–Trinajstić information content (AvgIpc) is 3.23. The van der Waals surface area contributed by atoms with Gasteiger partial charge >= 0.3 is 0 Å². The van der Waals surface area contributed by atoms with Gasteiger partial charge in [0.05, 0.1) is 0 Å². The molecule has 0 amide bonds. The predicted octanol–water partition coefficient (Wildman–Crippen LogP) is 2.58. The molecule has 0 aromatic carbocycles. The third kappa shape index (κ3) is 2.76. The number of nitrogens with zero attached hydrogens (tertiary/aromatic N) is 3. The maximum atomic E-state index is 8.90. The summed E-state index contributed by atoms with van der Waals surface area (Å²) >= 11 is 0. The molecule has 0 N–H and O–H groups in total. The molecule has 17 heavy (non-hydrogen) atoms. The number of nitriles is 1. The minimum Gasteiger partial charge on any atom is -0.371 e. The van der Waals surface area contributed by atoms with E-state index in [2.05, 4.69) is 16.0 Å². The van der Waals surface area contributed by atoms with Gasteiger partial charge in [0.25, 0.3) is 0 Å². The third-order valence-corrected chi connectivity index (χ3v) is 3.57. The van der Waals surface area contributed by atoms with Gasteiger partial charge in [-0.15, -0.1) is 0 Å². The second kappa shape index (κ2) is 4.37. The molecule has 0 atom stereocenters. The Balaban J connectivity index is 1.76. The SMILES string of the molecule is N#Cc1cc(N(CC2CC2)CC2CC2)ccn1. The Bertz CT molecular complexity index is 427. The van der Waals surface area contributed by atoms with E-state index in [-0.39, 0.29) is 0 Å². The highest BCUT2D eigenvalue weighted by atomic mass is 15.1. The van der Waals surface area contributed by atoms with Gasteiger partial charge in [-0.2, -0.15) is 5.26 Å². The summed E-state index contributed by atoms with van der Waals surface area (Å²) in [5.41, 5.74) is 1.70. The summed E-state index contributed by atoms with van der Waals surface area (Å²) in [7, 11) is 0. The first-order valence-corrected chi connectivity index (χ1v) is 6.46. The predicted molar refractivity (Wildman–Crippen MR) is 66.6 cm³/mol. The third-order valence-electron chi connectivity index (χ3n) is 3.57. The van der Waals surface area contributed by atoms with Gasteiger partial charge in [0.1, 0.15) is 11.8 Å². The molecule has 0 spiro atoms. The van der Waals surface area contributed by atoms with Gasteiger partial charge in [-0.1, -0.05) is 0 Å². The molecule has 2 fully saturated rings. The zero-order chi connectivity index (χ0) is 11.7. The molecule has 3 rings (SSSR count). The average molecular weight is 227 g/mol. The van der Waals surface area contributed by atoms with Gasteiger partial charge in [-0.25, -0.2) is 4.98 Å². The molecule has 0 bridgehead atoms. The van der Waals surface area contributed by atoms with Crippen molar-refractivity contribution in [2.45, 2.75) is 25.7 Å². The Labute approximate surface area is 102 Å². The molecule has 2 aliphatic rings. The van der Waals surface area contributed by atoms with E-state index in [9.17, 15) is 0 Å². The largest absolute Gasteiger partial charge is 0.371 e. The lowest BCUT2D eigenvalue weighted by atomic mass is 10.2. The lowest BCUT2D eigenvalue weighted by Crippen LogP contribution is -2.28. The van der Waals surface area contributed by atoms with Crippen LogP contribution in [0, 0.1) is 23.2 Å². The summed E-state index contributed by atoms with van der Waals surface area (Å²) in [5.74, 6) is 1.76. The van der Waals surface area contributed by atoms with Crippen LogP contribution in [0.1, 0.15) is 31.4 Å². The quantitative estimate of drug-likeness (QED) is 0.776. The van der Waals surface area contributed by atoms with Crippen LogP contribution in [0.3, 0.4) is 0 Å². The van der Waals surface area contributed by atoms with Crippen LogP contribution in [0.2, 0.25) is 0 Å². The molecule has 0 aliphatic heterocycles. The standard InChI is InChI=1S/C14H17N3/c15-8-13-7-14(5-6-16-13)17(9-11-1-2-11)10-12-3-4-12/h5-7,11-12H,1-4,9-10H2. The van der Waals surface area contributed by atoms with Crippen LogP contribution in [0.25, 0.3) is 0 Å². The van der Waals surface area contributed by atoms with Crippen molar-refractivity contribution in [1.29, 1.82) is 5.26 Å². The molecule has 1 heterocycles. The lowest BCUT2D eigenvalue weighted by Gasteiger charge is -2.24. The highest BCUT2D eigenvalue weighted by Gasteiger charge is 2.29. The molecular formula is C14H17N3. The number of aromatic nitrogens is 1. The number of hydrogen-bond acceptors (Lipinski definition) is 3. The summed E-state index contributed by atoms with van der Waals surface area (Å²) in [6, 6.07) is 6.08. The Kier molecular flexibility index (Phi) is 2.72. The Morgan fingerprint density at radius 2 is 1.88 bits per heavy atom. The van der Waals surface area contributed by atoms with E-state index in [0.29, 0.717) is 5.69 Å². The summed E-state index contributed by atoms with van der Waals surface area (Å²) in [4.78, 5) is 6.50. The molecule has 2 aliphatic carbocycles. The van der Waals surface area contributed by atoms with Crippen LogP contribution in [0.5, 0.6) is 0 Å². The van der Waals surface area contributed by atoms with Crippen molar-refractivity contribution in [2.24, 2.45) is 11.8 Å². The number of pyridine rings is 1. The van der Waals surface area contributed by atoms with Crippen molar-refractivity contribution in [1.82, 2.24) is 4.98 Å². The van der Waals surface area contributed by atoms with E-state index in [0.717, 1.165) is 24.9 Å². The monoisotopic (exact) mass is 227 g/mol. The summed E-state index contributed by atoms with van der Waals surface area (Å²) in [5, 5.41) is 8.90. The van der Waals surface area contributed by atoms with E-state index in [4.69, 9.17) is 5.26 Å². The molecule has 0 radical (unpaired) electrons. The van der Waals surface area contributed by atoms with Gasteiger partial charge in [0.2, 0.25) is 0 Å². The molecule has 88 valence electrons. The molecule has 3 nitrogen and oxygen atoms in total. The Morgan fingerprint density at radius 1 is 1.24 bits per heavy atom. The van der Waals surface area contributed by atoms with E-state index in [1.54, 1.807) is 6.20 Å². The van der Waals surface area contributed by atoms with Crippen molar-refractivity contribution in [3.8, 4) is 6.07 Å². The van der Waals surface area contributed by atoms with Crippen molar-refractivity contribution in [3.05, 3.63) is 24.0 Å². The molecule has 1 aromatic heterocycles. The van der Waals surface area contributed by atoms with Crippen LogP contribution < -0.4 is 4.90 Å². The van der Waals surface area contributed by atoms with Crippen molar-refractivity contribution in [3.63, 3.8) is 0 Å². The Hall–Kier alpha value is -1.56. The van der Waals surface area contributed by atoms with Crippen molar-refractivity contribution < 1.29 is 0 Å². The van der Waals surface area contributed by atoms with Gasteiger partial charge in [0.15, 0.2) is 0 Å². The minimum atomic E-state index is 0.527. The number of anilines is 1. The summed E-state index contributed by atoms with van der Waals surface area (Å²) in [6.45, 7) is 2.32. The maximum absolute atomic E-state index is 8.90. The van der Waals surface area contributed by atoms with Crippen LogP contribution in [0.4, 0.5) is 5.69 Å². The summed E-state index contributed by atoms with van der Waals surface area (Å²) < 4.78 is 0. The first kappa shape index (κ1) is 10.6. The highest BCUT2D eigenvalue weighted by molar-refractivity contribution is 5.49. The topological polar surface area (TPSA) is 39.9 Å². The lowest BCUT2D eigenvalue weighted by molar-refractivity contribution is 0.679. The molecule has 2 saturated carbocycles. The zero-order valence-corrected chi connectivity index (χ0v) is 9.97. The molecule has 0 saturated heterocycles. The second-order valence-electron chi connectivity index (χ2n) is 5.30. The van der Waals surface area contributed by atoms with Gasteiger partial charge in [0, 0.05) is 25.0 Å². The first-order chi connectivity index (χ1) is 8.35. The molecule has 1 aromatic rings. The fourth-order valence-electron chi connectivity index (χ4n) is 2.19. The van der Waals surface area contributed by atoms with E-state index in [1.165, 1.54) is 31.4 Å². The van der Waals surface area contributed by atoms with Crippen LogP contribution >= 0.6 is 0 Å². The van der Waals surface area contributed by atoms with Crippen LogP contribution in [0.15, 0.2) is 18.3 Å². The van der Waals surface area contributed by atoms with Crippen molar-refractivity contribution in [2.75, 3.05) is 18.0 Å². The van der Waals surface area contributed by atoms with Crippen LogP contribution in [-0.4, -0.2) is 18.1 Å². The fraction of sp³-hybridized carbons (Fsp3) is 0.571. The van der Waals surface area contributed by atoms with Gasteiger partial charge < -0.3 is 4.90 Å². The van der Waals surface area contributed by atoms with Crippen LogP contribution in [-0.2, 0) is 0 Å². The first-order valence-electron chi connectivity index (χ1n) is 6.46. The second-order valence-corrected chi connectivity index (χ2v) is 5.30.